The van der Waals surface area contributed by atoms with Gasteiger partial charge in [-0.3, -0.25) is 0 Å². The average molecular weight is 72.1 g/mol. The van der Waals surface area contributed by atoms with E-state index in [-0.39, 0.29) is 0 Å². The Kier molecular flexibility index (Phi) is 0.330. The Morgan fingerprint density at radius 1 is 1.60 bits per heavy atom. The van der Waals surface area contributed by atoms with Crippen LogP contribution in [0.2, 0.25) is 0 Å². The van der Waals surface area contributed by atoms with Crippen molar-refractivity contribution in [1.82, 2.24) is 0 Å². The van der Waals surface area contributed by atoms with Crippen molar-refractivity contribution in [2.24, 2.45) is 0 Å². The molecule has 0 amide bonds. The zero-order chi connectivity index (χ0) is 3.70. The first kappa shape index (κ1) is 2.57. The van der Waals surface area contributed by atoms with E-state index >= 15 is 0 Å². The van der Waals surface area contributed by atoms with Crippen LogP contribution in [-0.2, 0) is 9.78 Å². The summed E-state index contributed by atoms with van der Waals surface area (Å²) in [6.45, 7) is 1.85. The molecule has 2 nitrogen and oxygen atoms in total. The third kappa shape index (κ3) is 0.318. The number of allylic oxidation sites excluding steroid dienone is 1. The van der Waals surface area contributed by atoms with E-state index < -0.39 is 0 Å². The third-order valence-corrected chi connectivity index (χ3v) is 0.415. The lowest BCUT2D eigenvalue weighted by molar-refractivity contribution is 0.0850. The summed E-state index contributed by atoms with van der Waals surface area (Å²) in [6.07, 6.45) is 1.75. The first-order chi connectivity index (χ1) is 2.43. The molecular weight excluding hydrogens is 68.0 g/mol. The van der Waals surface area contributed by atoms with Gasteiger partial charge in [0.2, 0.25) is 0 Å². The van der Waals surface area contributed by atoms with Gasteiger partial charge in [0.25, 0.3) is 0 Å². The smallest absolute Gasteiger partial charge is 0.243 e. The van der Waals surface area contributed by atoms with E-state index in [1.165, 1.54) is 0 Å². The summed E-state index contributed by atoms with van der Waals surface area (Å²) in [5.41, 5.74) is 0. The van der Waals surface area contributed by atoms with Crippen LogP contribution in [0.4, 0.5) is 0 Å². The largest absolute Gasteiger partial charge is 0.374 e. The normalized spacial score (nSPS) is 15.8. The number of rotatable bonds is 0. The average Bonchev–Trinajstić information content (AvgIpc) is 2.12. The summed E-state index contributed by atoms with van der Waals surface area (Å²) in [5.74, 6) is 0.630. The molecule has 0 radical (unpaired) electrons. The highest BCUT2D eigenvalue weighted by Crippen LogP contribution is 2.14. The lowest BCUT2D eigenvalue weighted by atomic mass is 10.7. The van der Waals surface area contributed by atoms with Crippen molar-refractivity contribution in [3.05, 3.63) is 12.0 Å². The van der Waals surface area contributed by atoms with E-state index in [1.54, 1.807) is 6.08 Å². The Hall–Kier alpha value is -0.660. The monoisotopic (exact) mass is 72.0 g/mol. The molecule has 1 heterocycles. The zero-order valence-corrected chi connectivity index (χ0v) is 2.89. The molecule has 1 fully saturated rings. The van der Waals surface area contributed by atoms with Gasteiger partial charge < -0.3 is 0 Å². The predicted octanol–water partition coefficient (Wildman–Crippen LogP) is 0.809. The quantitative estimate of drug-likeness (QED) is 0.312. The molecular formula is C3H4O2. The SMILES string of the molecule is CC=C1OO1. The van der Waals surface area contributed by atoms with Crippen LogP contribution in [0, 0.1) is 0 Å². The molecule has 0 unspecified atom stereocenters. The number of hydrogen-bond acceptors (Lipinski definition) is 2. The summed E-state index contributed by atoms with van der Waals surface area (Å²) < 4.78 is 0. The van der Waals surface area contributed by atoms with Crippen molar-refractivity contribution in [1.29, 1.82) is 0 Å². The fraction of sp³-hybridized carbons (Fsp3) is 0.333. The van der Waals surface area contributed by atoms with E-state index in [1.807, 2.05) is 6.92 Å². The van der Waals surface area contributed by atoms with Gasteiger partial charge in [-0.2, -0.15) is 0 Å². The van der Waals surface area contributed by atoms with Crippen molar-refractivity contribution in [2.75, 3.05) is 0 Å². The highest BCUT2D eigenvalue weighted by Gasteiger charge is 2.13. The van der Waals surface area contributed by atoms with Crippen molar-refractivity contribution >= 4 is 0 Å². The summed E-state index contributed by atoms with van der Waals surface area (Å²) in [5, 5.41) is 0. The van der Waals surface area contributed by atoms with E-state index in [0.717, 1.165) is 0 Å². The second-order valence-electron chi connectivity index (χ2n) is 0.774. The molecule has 0 atom stereocenters. The van der Waals surface area contributed by atoms with Gasteiger partial charge in [0.15, 0.2) is 0 Å². The molecule has 5 heavy (non-hydrogen) atoms. The Morgan fingerprint density at radius 2 is 2.20 bits per heavy atom. The van der Waals surface area contributed by atoms with Crippen LogP contribution in [0.1, 0.15) is 6.92 Å². The van der Waals surface area contributed by atoms with Crippen LogP contribution >= 0.6 is 0 Å². The Labute approximate surface area is 29.9 Å². The second kappa shape index (κ2) is 0.641. The van der Waals surface area contributed by atoms with Gasteiger partial charge in [-0.1, -0.05) is 0 Å². The van der Waals surface area contributed by atoms with Gasteiger partial charge in [-0.15, -0.1) is 0 Å². The van der Waals surface area contributed by atoms with Gasteiger partial charge >= 0.3 is 5.95 Å². The van der Waals surface area contributed by atoms with E-state index in [9.17, 15) is 0 Å². The van der Waals surface area contributed by atoms with Crippen molar-refractivity contribution in [3.63, 3.8) is 0 Å². The molecule has 1 saturated heterocycles. The first-order valence-corrected chi connectivity index (χ1v) is 1.44. The van der Waals surface area contributed by atoms with Crippen LogP contribution in [0.5, 0.6) is 0 Å². The van der Waals surface area contributed by atoms with Crippen molar-refractivity contribution in [2.45, 2.75) is 6.92 Å². The van der Waals surface area contributed by atoms with Crippen molar-refractivity contribution in [3.8, 4) is 0 Å². The molecule has 0 saturated carbocycles. The van der Waals surface area contributed by atoms with Gasteiger partial charge in [0.1, 0.15) is 0 Å². The summed E-state index contributed by atoms with van der Waals surface area (Å²) in [7, 11) is 0. The molecule has 2 heteroatoms. The van der Waals surface area contributed by atoms with Crippen LogP contribution in [0.3, 0.4) is 0 Å². The van der Waals surface area contributed by atoms with E-state index in [0.29, 0.717) is 5.95 Å². The minimum absolute atomic E-state index is 0.630. The maximum absolute atomic E-state index is 4.22. The minimum atomic E-state index is 0.630. The molecule has 0 spiro atoms. The van der Waals surface area contributed by atoms with Crippen LogP contribution in [-0.4, -0.2) is 0 Å². The first-order valence-electron chi connectivity index (χ1n) is 1.44. The number of hydrogen-bond donors (Lipinski definition) is 0. The lowest BCUT2D eigenvalue weighted by Crippen LogP contribution is -1.34. The molecule has 0 aliphatic carbocycles. The highest BCUT2D eigenvalue weighted by molar-refractivity contribution is 4.82. The molecule has 1 rings (SSSR count). The Balaban J connectivity index is 2.46. The van der Waals surface area contributed by atoms with Gasteiger partial charge in [-0.25, -0.2) is 9.78 Å². The summed E-state index contributed by atoms with van der Waals surface area (Å²) in [4.78, 5) is 8.44. The van der Waals surface area contributed by atoms with Crippen LogP contribution in [0.15, 0.2) is 12.0 Å². The Morgan fingerprint density at radius 3 is 2.20 bits per heavy atom. The lowest BCUT2D eigenvalue weighted by Gasteiger charge is -1.37. The molecule has 0 aromatic rings. The summed E-state index contributed by atoms with van der Waals surface area (Å²) in [6, 6.07) is 0. The third-order valence-electron chi connectivity index (χ3n) is 0.415. The fourth-order valence-electron chi connectivity index (χ4n) is 0.120. The van der Waals surface area contributed by atoms with Gasteiger partial charge in [0.05, 0.1) is 0 Å². The predicted molar refractivity (Wildman–Crippen MR) is 15.9 cm³/mol. The molecule has 0 N–H and O–H groups in total. The van der Waals surface area contributed by atoms with E-state index in [4.69, 9.17) is 0 Å². The van der Waals surface area contributed by atoms with Crippen LogP contribution < -0.4 is 0 Å². The van der Waals surface area contributed by atoms with E-state index in [2.05, 4.69) is 9.78 Å². The van der Waals surface area contributed by atoms with Crippen LogP contribution in [0.25, 0.3) is 0 Å². The molecule has 0 aromatic carbocycles. The highest BCUT2D eigenvalue weighted by atomic mass is 17.4. The molecule has 0 aromatic heterocycles. The topological polar surface area (TPSA) is 25.1 Å². The maximum atomic E-state index is 4.22. The van der Waals surface area contributed by atoms with Gasteiger partial charge in [-0.05, 0) is 6.92 Å². The standard InChI is InChI=1S/C3H4O2/c1-2-3-4-5-3/h2H,1H3. The molecule has 1 aliphatic rings. The maximum Gasteiger partial charge on any atom is 0.374 e. The molecule has 28 valence electrons. The van der Waals surface area contributed by atoms with Crippen molar-refractivity contribution < 1.29 is 9.78 Å². The minimum Gasteiger partial charge on any atom is -0.243 e. The zero-order valence-electron chi connectivity index (χ0n) is 2.89. The van der Waals surface area contributed by atoms with Gasteiger partial charge in [0, 0.05) is 6.08 Å². The fourth-order valence-corrected chi connectivity index (χ4v) is 0.120. The Bertz CT molecular complexity index is 59.3. The molecule has 0 bridgehead atoms. The second-order valence-corrected chi connectivity index (χ2v) is 0.774. The molecule has 1 aliphatic heterocycles. The summed E-state index contributed by atoms with van der Waals surface area (Å²) >= 11 is 0.